The number of methoxy groups -OCH3 is 2. The fraction of sp³-hybridized carbons (Fsp3) is 0.625. The Hall–Kier alpha value is -1.26. The summed E-state index contributed by atoms with van der Waals surface area (Å²) < 4.78 is 10.6. The van der Waals surface area contributed by atoms with Gasteiger partial charge in [0.1, 0.15) is 0 Å². The summed E-state index contributed by atoms with van der Waals surface area (Å²) in [6.07, 6.45) is 0.987. The lowest BCUT2D eigenvalue weighted by Gasteiger charge is -2.20. The van der Waals surface area contributed by atoms with E-state index in [0.717, 1.165) is 37.6 Å². The summed E-state index contributed by atoms with van der Waals surface area (Å²) in [5.41, 5.74) is 1.26. The molecule has 0 saturated heterocycles. The lowest BCUT2D eigenvalue weighted by Crippen LogP contribution is -2.38. The Kier molecular flexibility index (Phi) is 7.41. The topological polar surface area (TPSA) is 33.7 Å². The van der Waals surface area contributed by atoms with Gasteiger partial charge in [-0.1, -0.05) is 13.0 Å². The first-order valence-corrected chi connectivity index (χ1v) is 7.23. The quantitative estimate of drug-likeness (QED) is 0.752. The third-order valence-corrected chi connectivity index (χ3v) is 3.48. The average molecular weight is 280 g/mol. The number of rotatable bonds is 9. The van der Waals surface area contributed by atoms with Crippen molar-refractivity contribution in [1.82, 2.24) is 10.2 Å². The summed E-state index contributed by atoms with van der Waals surface area (Å²) in [7, 11) is 5.47. The number of hydrogen-bond donors (Lipinski definition) is 1. The molecule has 0 aliphatic carbocycles. The van der Waals surface area contributed by atoms with Gasteiger partial charge in [-0.25, -0.2) is 0 Å². The van der Waals surface area contributed by atoms with Crippen LogP contribution in [0.4, 0.5) is 0 Å². The Bertz CT molecular complexity index is 396. The van der Waals surface area contributed by atoms with Crippen LogP contribution in [0, 0.1) is 0 Å². The van der Waals surface area contributed by atoms with Crippen molar-refractivity contribution in [2.45, 2.75) is 26.3 Å². The monoisotopic (exact) mass is 280 g/mol. The Morgan fingerprint density at radius 3 is 2.50 bits per heavy atom. The molecule has 0 spiro atoms. The van der Waals surface area contributed by atoms with E-state index in [1.807, 2.05) is 12.1 Å². The molecule has 0 fully saturated rings. The van der Waals surface area contributed by atoms with E-state index in [0.29, 0.717) is 6.04 Å². The molecule has 0 saturated carbocycles. The molecule has 0 aromatic heterocycles. The van der Waals surface area contributed by atoms with Gasteiger partial charge >= 0.3 is 0 Å². The van der Waals surface area contributed by atoms with E-state index in [4.69, 9.17) is 9.47 Å². The first-order valence-electron chi connectivity index (χ1n) is 7.23. The molecule has 20 heavy (non-hydrogen) atoms. The lowest BCUT2D eigenvalue weighted by molar-refractivity contribution is 0.311. The summed E-state index contributed by atoms with van der Waals surface area (Å²) in [6, 6.07) is 6.59. The van der Waals surface area contributed by atoms with Crippen LogP contribution in [0.5, 0.6) is 11.5 Å². The van der Waals surface area contributed by atoms with Gasteiger partial charge < -0.3 is 19.7 Å². The van der Waals surface area contributed by atoms with E-state index in [2.05, 4.69) is 37.2 Å². The average Bonchev–Trinajstić information content (AvgIpc) is 2.46. The van der Waals surface area contributed by atoms with Crippen LogP contribution in [-0.4, -0.2) is 51.8 Å². The zero-order valence-electron chi connectivity index (χ0n) is 13.4. The molecule has 1 aromatic rings. The van der Waals surface area contributed by atoms with E-state index in [1.54, 1.807) is 14.2 Å². The Morgan fingerprint density at radius 1 is 1.20 bits per heavy atom. The molecule has 0 bridgehead atoms. The molecule has 0 aliphatic rings. The maximum Gasteiger partial charge on any atom is 0.160 e. The maximum atomic E-state index is 5.32. The predicted octanol–water partition coefficient (Wildman–Crippen LogP) is 2.18. The molecular formula is C16H28N2O2. The summed E-state index contributed by atoms with van der Waals surface area (Å²) >= 11 is 0. The van der Waals surface area contributed by atoms with Gasteiger partial charge in [-0.05, 0) is 51.2 Å². The number of likely N-dealkylation sites (N-methyl/N-ethyl adjacent to an activating group) is 1. The second kappa shape index (κ2) is 8.82. The van der Waals surface area contributed by atoms with Crippen LogP contribution in [0.25, 0.3) is 0 Å². The van der Waals surface area contributed by atoms with Crippen molar-refractivity contribution in [3.63, 3.8) is 0 Å². The highest BCUT2D eigenvalue weighted by molar-refractivity contribution is 5.42. The number of ether oxygens (including phenoxy) is 2. The number of benzene rings is 1. The van der Waals surface area contributed by atoms with Crippen LogP contribution in [0.15, 0.2) is 18.2 Å². The van der Waals surface area contributed by atoms with Crippen LogP contribution >= 0.6 is 0 Å². The molecule has 4 nitrogen and oxygen atoms in total. The first kappa shape index (κ1) is 16.8. The van der Waals surface area contributed by atoms with Gasteiger partial charge in [0.15, 0.2) is 11.5 Å². The Morgan fingerprint density at radius 2 is 1.90 bits per heavy atom. The molecular weight excluding hydrogens is 252 g/mol. The van der Waals surface area contributed by atoms with Gasteiger partial charge in [0.2, 0.25) is 0 Å². The highest BCUT2D eigenvalue weighted by Crippen LogP contribution is 2.27. The minimum atomic E-state index is 0.500. The smallest absolute Gasteiger partial charge is 0.160 e. The Labute approximate surface area is 123 Å². The zero-order valence-corrected chi connectivity index (χ0v) is 13.4. The van der Waals surface area contributed by atoms with E-state index >= 15 is 0 Å². The van der Waals surface area contributed by atoms with Crippen molar-refractivity contribution >= 4 is 0 Å². The first-order chi connectivity index (χ1) is 9.60. The molecule has 1 N–H and O–H groups in total. The molecule has 0 amide bonds. The molecule has 1 rings (SSSR count). The van der Waals surface area contributed by atoms with Crippen LogP contribution < -0.4 is 14.8 Å². The normalized spacial score (nSPS) is 12.5. The fourth-order valence-corrected chi connectivity index (χ4v) is 2.16. The van der Waals surface area contributed by atoms with Gasteiger partial charge in [0.05, 0.1) is 14.2 Å². The second-order valence-electron chi connectivity index (χ2n) is 5.15. The molecule has 1 unspecified atom stereocenters. The lowest BCUT2D eigenvalue weighted by atomic mass is 10.1. The highest BCUT2D eigenvalue weighted by atomic mass is 16.5. The summed E-state index contributed by atoms with van der Waals surface area (Å²) in [5.74, 6) is 1.57. The minimum Gasteiger partial charge on any atom is -0.493 e. The fourth-order valence-electron chi connectivity index (χ4n) is 2.16. The summed E-state index contributed by atoms with van der Waals surface area (Å²) in [4.78, 5) is 2.31. The maximum absolute atomic E-state index is 5.32. The SMILES string of the molecule is CCN(C)CC(C)NCCc1ccc(OC)c(OC)c1. The van der Waals surface area contributed by atoms with Crippen LogP contribution in [-0.2, 0) is 6.42 Å². The molecule has 0 heterocycles. The number of nitrogens with zero attached hydrogens (tertiary/aromatic N) is 1. The van der Waals surface area contributed by atoms with Crippen LogP contribution in [0.1, 0.15) is 19.4 Å². The standard InChI is InChI=1S/C16H28N2O2/c1-6-18(3)12-13(2)17-10-9-14-7-8-15(19-4)16(11-14)20-5/h7-8,11,13,17H,6,9-10,12H2,1-5H3. The van der Waals surface area contributed by atoms with E-state index in [9.17, 15) is 0 Å². The highest BCUT2D eigenvalue weighted by Gasteiger charge is 2.06. The predicted molar refractivity (Wildman–Crippen MR) is 83.9 cm³/mol. The molecule has 114 valence electrons. The van der Waals surface area contributed by atoms with Gasteiger partial charge in [0.25, 0.3) is 0 Å². The Balaban J connectivity index is 2.42. The minimum absolute atomic E-state index is 0.500. The van der Waals surface area contributed by atoms with Crippen molar-refractivity contribution < 1.29 is 9.47 Å². The second-order valence-corrected chi connectivity index (χ2v) is 5.15. The van der Waals surface area contributed by atoms with E-state index in [1.165, 1.54) is 5.56 Å². The van der Waals surface area contributed by atoms with Gasteiger partial charge in [-0.3, -0.25) is 0 Å². The number of hydrogen-bond acceptors (Lipinski definition) is 4. The summed E-state index contributed by atoms with van der Waals surface area (Å²) in [5, 5.41) is 3.55. The van der Waals surface area contributed by atoms with Crippen molar-refractivity contribution in [1.29, 1.82) is 0 Å². The van der Waals surface area contributed by atoms with E-state index < -0.39 is 0 Å². The van der Waals surface area contributed by atoms with Gasteiger partial charge in [0, 0.05) is 12.6 Å². The molecule has 0 aliphatic heterocycles. The molecule has 1 aromatic carbocycles. The van der Waals surface area contributed by atoms with Crippen molar-refractivity contribution in [2.24, 2.45) is 0 Å². The van der Waals surface area contributed by atoms with E-state index in [-0.39, 0.29) is 0 Å². The number of nitrogens with one attached hydrogen (secondary N) is 1. The van der Waals surface area contributed by atoms with Crippen LogP contribution in [0.2, 0.25) is 0 Å². The van der Waals surface area contributed by atoms with Gasteiger partial charge in [-0.15, -0.1) is 0 Å². The van der Waals surface area contributed by atoms with Crippen molar-refractivity contribution in [3.05, 3.63) is 23.8 Å². The zero-order chi connectivity index (χ0) is 15.0. The third-order valence-electron chi connectivity index (χ3n) is 3.48. The summed E-state index contributed by atoms with van der Waals surface area (Å²) in [6.45, 7) is 7.52. The largest absolute Gasteiger partial charge is 0.493 e. The van der Waals surface area contributed by atoms with Crippen LogP contribution in [0.3, 0.4) is 0 Å². The molecule has 0 radical (unpaired) electrons. The molecule has 1 atom stereocenters. The van der Waals surface area contributed by atoms with Crippen molar-refractivity contribution in [3.8, 4) is 11.5 Å². The third kappa shape index (κ3) is 5.39. The molecule has 4 heteroatoms. The van der Waals surface area contributed by atoms with Crippen molar-refractivity contribution in [2.75, 3.05) is 40.9 Å². The van der Waals surface area contributed by atoms with Gasteiger partial charge in [-0.2, -0.15) is 0 Å².